The number of sulfonamides is 1. The van der Waals surface area contributed by atoms with Crippen LogP contribution in [0.25, 0.3) is 50.3 Å². The standard InChI is InChI=1S/C32H34FN9O2S/c1-20(9-22(14-34-2)19-42-7-5-4-6-8-42)24-13-26-30(40-41-31(26)36-16-24)32-38-28-18-35-17-27(29(28)39-32)23-10-21(11-25(33)12-23)15-37-45(3,43)44/h9-14,16-18,37H,2,4-8,15,19H2,1,3H3,(H,38,39)(H,36,40,41)/b20-9+,22-14+. The van der Waals surface area contributed by atoms with Gasteiger partial charge in [-0.3, -0.25) is 20.0 Å². The fourth-order valence-electron chi connectivity index (χ4n) is 5.66. The Morgan fingerprint density at radius 1 is 1.16 bits per heavy atom. The molecule has 0 aliphatic carbocycles. The molecule has 1 aromatic carbocycles. The van der Waals surface area contributed by atoms with Crippen molar-refractivity contribution < 1.29 is 12.8 Å². The van der Waals surface area contributed by atoms with Crippen molar-refractivity contribution in [3.63, 3.8) is 0 Å². The molecule has 0 bridgehead atoms. The van der Waals surface area contributed by atoms with E-state index in [-0.39, 0.29) is 6.54 Å². The van der Waals surface area contributed by atoms with E-state index in [4.69, 9.17) is 4.98 Å². The molecule has 5 aromatic rings. The van der Waals surface area contributed by atoms with Gasteiger partial charge < -0.3 is 4.98 Å². The van der Waals surface area contributed by atoms with E-state index in [1.165, 1.54) is 31.4 Å². The zero-order valence-electron chi connectivity index (χ0n) is 25.1. The van der Waals surface area contributed by atoms with Crippen molar-refractivity contribution in [2.24, 2.45) is 4.99 Å². The molecule has 13 heteroatoms. The number of fused-ring (bicyclic) bond motifs is 2. The minimum Gasteiger partial charge on any atom is -0.335 e. The highest BCUT2D eigenvalue weighted by atomic mass is 32.2. The third-order valence-electron chi connectivity index (χ3n) is 7.82. The van der Waals surface area contributed by atoms with E-state index in [2.05, 4.69) is 52.6 Å². The second-order valence-electron chi connectivity index (χ2n) is 11.4. The predicted octanol–water partition coefficient (Wildman–Crippen LogP) is 5.23. The highest BCUT2D eigenvalue weighted by Crippen LogP contribution is 2.32. The first-order chi connectivity index (χ1) is 21.7. The number of imidazole rings is 1. The zero-order chi connectivity index (χ0) is 31.6. The first-order valence-corrected chi connectivity index (χ1v) is 16.5. The lowest BCUT2D eigenvalue weighted by Crippen LogP contribution is -2.31. The topological polar surface area (TPSA) is 145 Å². The number of halogens is 1. The molecule has 0 radical (unpaired) electrons. The first kappa shape index (κ1) is 30.4. The second kappa shape index (κ2) is 12.8. The molecule has 0 saturated carbocycles. The number of aromatic amines is 2. The number of hydrogen-bond acceptors (Lipinski definition) is 8. The Kier molecular flexibility index (Phi) is 8.65. The highest BCUT2D eigenvalue weighted by Gasteiger charge is 2.18. The maximum absolute atomic E-state index is 14.6. The van der Waals surface area contributed by atoms with E-state index in [0.717, 1.165) is 48.0 Å². The molecule has 1 saturated heterocycles. The molecule has 1 fully saturated rings. The van der Waals surface area contributed by atoms with Gasteiger partial charge in [-0.2, -0.15) is 5.10 Å². The van der Waals surface area contributed by atoms with Gasteiger partial charge >= 0.3 is 0 Å². The average molecular weight is 628 g/mol. The number of allylic oxidation sites excluding steroid dienone is 1. The Morgan fingerprint density at radius 2 is 1.98 bits per heavy atom. The maximum Gasteiger partial charge on any atom is 0.209 e. The number of piperidine rings is 1. The van der Waals surface area contributed by atoms with Crippen LogP contribution in [0.5, 0.6) is 0 Å². The van der Waals surface area contributed by atoms with Gasteiger partial charge in [0.05, 0.1) is 28.9 Å². The number of hydrogen-bond donors (Lipinski definition) is 3. The number of rotatable bonds is 10. The van der Waals surface area contributed by atoms with E-state index in [0.29, 0.717) is 44.9 Å². The van der Waals surface area contributed by atoms with Crippen LogP contribution in [-0.4, -0.2) is 76.1 Å². The smallest absolute Gasteiger partial charge is 0.209 e. The molecule has 45 heavy (non-hydrogen) atoms. The maximum atomic E-state index is 14.6. The van der Waals surface area contributed by atoms with E-state index < -0.39 is 15.8 Å². The number of H-pyrrole nitrogens is 2. The summed E-state index contributed by atoms with van der Waals surface area (Å²) in [4.78, 5) is 23.6. The van der Waals surface area contributed by atoms with Gasteiger partial charge in [0.25, 0.3) is 0 Å². The fourth-order valence-corrected chi connectivity index (χ4v) is 6.09. The largest absolute Gasteiger partial charge is 0.335 e. The van der Waals surface area contributed by atoms with Crippen molar-refractivity contribution in [1.29, 1.82) is 0 Å². The molecule has 1 aliphatic heterocycles. The molecule has 6 rings (SSSR count). The van der Waals surface area contributed by atoms with Gasteiger partial charge in [0.2, 0.25) is 10.0 Å². The average Bonchev–Trinajstić information content (AvgIpc) is 3.64. The Bertz CT molecular complexity index is 2060. The van der Waals surface area contributed by atoms with Gasteiger partial charge in [-0.05, 0) is 91.7 Å². The molecule has 0 amide bonds. The molecular weight excluding hydrogens is 593 g/mol. The van der Waals surface area contributed by atoms with Crippen LogP contribution in [0, 0.1) is 5.82 Å². The highest BCUT2D eigenvalue weighted by molar-refractivity contribution is 7.88. The summed E-state index contributed by atoms with van der Waals surface area (Å²) in [5, 5.41) is 8.26. The van der Waals surface area contributed by atoms with E-state index >= 15 is 0 Å². The zero-order valence-corrected chi connectivity index (χ0v) is 26.0. The van der Waals surface area contributed by atoms with Crippen molar-refractivity contribution in [1.82, 2.24) is 39.8 Å². The number of aromatic nitrogens is 6. The Labute approximate surface area is 260 Å². The van der Waals surface area contributed by atoms with Crippen molar-refractivity contribution in [2.45, 2.75) is 32.7 Å². The van der Waals surface area contributed by atoms with Crippen LogP contribution in [0.3, 0.4) is 0 Å². The number of benzene rings is 1. The van der Waals surface area contributed by atoms with Crippen LogP contribution in [-0.2, 0) is 16.6 Å². The SMILES string of the molecule is C=N/C=C(\C=C(/C)c1cnc2n[nH]c(-c3nc4c(-c5cc(F)cc(CNS(C)(=O)=O)c5)cncc4[nH]3)c2c1)CN1CCCCC1. The first-order valence-electron chi connectivity index (χ1n) is 14.7. The van der Waals surface area contributed by atoms with Gasteiger partial charge in [-0.25, -0.2) is 27.5 Å². The van der Waals surface area contributed by atoms with Crippen LogP contribution in [0.1, 0.15) is 37.3 Å². The summed E-state index contributed by atoms with van der Waals surface area (Å²) in [6.45, 7) is 8.66. The molecule has 0 unspecified atom stereocenters. The monoisotopic (exact) mass is 627 g/mol. The molecule has 5 heterocycles. The van der Waals surface area contributed by atoms with Gasteiger partial charge in [-0.15, -0.1) is 0 Å². The molecule has 4 aromatic heterocycles. The summed E-state index contributed by atoms with van der Waals surface area (Å²) in [5.41, 5.74) is 7.09. The number of nitrogens with zero attached hydrogens (tertiary/aromatic N) is 6. The fraction of sp³-hybridized carbons (Fsp3) is 0.281. The van der Waals surface area contributed by atoms with E-state index in [9.17, 15) is 12.8 Å². The molecule has 11 nitrogen and oxygen atoms in total. The summed E-state index contributed by atoms with van der Waals surface area (Å²) < 4.78 is 40.2. The van der Waals surface area contributed by atoms with E-state index in [1.54, 1.807) is 24.7 Å². The lowest BCUT2D eigenvalue weighted by molar-refractivity contribution is 0.248. The molecular formula is C32H34FN9O2S. The molecule has 1 aliphatic rings. The third-order valence-corrected chi connectivity index (χ3v) is 8.49. The molecule has 3 N–H and O–H groups in total. The lowest BCUT2D eigenvalue weighted by atomic mass is 10.0. The van der Waals surface area contributed by atoms with Crippen LogP contribution in [0.4, 0.5) is 4.39 Å². The summed E-state index contributed by atoms with van der Waals surface area (Å²) >= 11 is 0. The number of nitrogens with one attached hydrogen (secondary N) is 3. The molecule has 0 spiro atoms. The normalized spacial score (nSPS) is 15.3. The Hall–Kier alpha value is -4.59. The Balaban J connectivity index is 1.34. The number of pyridine rings is 2. The van der Waals surface area contributed by atoms with E-state index in [1.807, 2.05) is 19.2 Å². The van der Waals surface area contributed by atoms with Crippen molar-refractivity contribution in [3.05, 3.63) is 77.6 Å². The quantitative estimate of drug-likeness (QED) is 0.142. The van der Waals surface area contributed by atoms with Crippen molar-refractivity contribution in [2.75, 3.05) is 25.9 Å². The summed E-state index contributed by atoms with van der Waals surface area (Å²) in [7, 11) is -3.44. The van der Waals surface area contributed by atoms with Crippen LogP contribution < -0.4 is 4.72 Å². The Morgan fingerprint density at radius 3 is 2.76 bits per heavy atom. The van der Waals surface area contributed by atoms with Crippen LogP contribution in [0.15, 0.2) is 65.7 Å². The van der Waals surface area contributed by atoms with Crippen molar-refractivity contribution >= 4 is 44.4 Å². The molecule has 232 valence electrons. The minimum atomic E-state index is -3.44. The third kappa shape index (κ3) is 7.06. The van der Waals surface area contributed by atoms with Gasteiger partial charge in [0.1, 0.15) is 11.5 Å². The summed E-state index contributed by atoms with van der Waals surface area (Å²) in [6.07, 6.45) is 13.8. The van der Waals surface area contributed by atoms with Crippen LogP contribution in [0.2, 0.25) is 0 Å². The summed E-state index contributed by atoms with van der Waals surface area (Å²) in [5.74, 6) is 0.0317. The molecule has 0 atom stereocenters. The van der Waals surface area contributed by atoms with Gasteiger partial charge in [0.15, 0.2) is 11.5 Å². The second-order valence-corrected chi connectivity index (χ2v) is 13.2. The lowest BCUT2D eigenvalue weighted by Gasteiger charge is -2.26. The van der Waals surface area contributed by atoms with Gasteiger partial charge in [-0.1, -0.05) is 12.5 Å². The van der Waals surface area contributed by atoms with Crippen molar-refractivity contribution in [3.8, 4) is 22.6 Å². The number of likely N-dealkylation sites (tertiary alicyclic amines) is 1. The minimum absolute atomic E-state index is 0.0399. The number of aliphatic imine (C=N–C) groups is 1. The van der Waals surface area contributed by atoms with Gasteiger partial charge in [0, 0.05) is 37.2 Å². The predicted molar refractivity (Wildman–Crippen MR) is 175 cm³/mol. The summed E-state index contributed by atoms with van der Waals surface area (Å²) in [6, 6.07) is 6.43. The van der Waals surface area contributed by atoms with Crippen LogP contribution >= 0.6 is 0 Å².